The van der Waals surface area contributed by atoms with Gasteiger partial charge in [0.05, 0.1) is 16.9 Å². The largest absolute Gasteiger partial charge is 0.355 e. The van der Waals surface area contributed by atoms with Crippen LogP contribution in [0.1, 0.15) is 53.4 Å². The average molecular weight is 700 g/mol. The molecular weight excluding hydrogens is 647 g/mol. The van der Waals surface area contributed by atoms with Gasteiger partial charge >= 0.3 is 0 Å². The van der Waals surface area contributed by atoms with E-state index < -0.39 is 20.0 Å². The molecule has 4 rings (SSSR count). The lowest BCUT2D eigenvalue weighted by Gasteiger charge is -2.41. The van der Waals surface area contributed by atoms with Crippen LogP contribution in [-0.2, 0) is 29.6 Å². The van der Waals surface area contributed by atoms with Crippen molar-refractivity contribution in [3.63, 3.8) is 0 Å². The van der Waals surface area contributed by atoms with Crippen LogP contribution < -0.4 is 20.9 Å². The van der Waals surface area contributed by atoms with E-state index in [1.807, 2.05) is 26.4 Å². The van der Waals surface area contributed by atoms with E-state index in [2.05, 4.69) is 49.6 Å². The fourth-order valence-electron chi connectivity index (χ4n) is 5.89. The van der Waals surface area contributed by atoms with Gasteiger partial charge in [-0.3, -0.25) is 9.59 Å². The van der Waals surface area contributed by atoms with E-state index in [4.69, 9.17) is 0 Å². The molecule has 266 valence electrons. The van der Waals surface area contributed by atoms with Crippen molar-refractivity contribution in [1.29, 1.82) is 0 Å². The number of aromatic amines is 1. The van der Waals surface area contributed by atoms with Gasteiger partial charge < -0.3 is 25.8 Å². The molecule has 2 aliphatic heterocycles. The summed E-state index contributed by atoms with van der Waals surface area (Å²) in [7, 11) is -2.90. The maximum Gasteiger partial charge on any atom is 0.219 e. The van der Waals surface area contributed by atoms with Gasteiger partial charge in [0.2, 0.25) is 31.9 Å². The van der Waals surface area contributed by atoms with Gasteiger partial charge in [-0.25, -0.2) is 31.1 Å². The Labute approximate surface area is 279 Å². The molecule has 0 saturated carbocycles. The zero-order valence-electron chi connectivity index (χ0n) is 28.5. The Hall–Kier alpha value is -2.86. The van der Waals surface area contributed by atoms with E-state index in [0.717, 1.165) is 29.7 Å². The fraction of sp³-hybridized carbons (Fsp3) is 0.733. The number of H-pyrrole nitrogens is 1. The van der Waals surface area contributed by atoms with Crippen molar-refractivity contribution in [1.82, 2.24) is 39.5 Å². The van der Waals surface area contributed by atoms with Gasteiger partial charge in [0, 0.05) is 77.4 Å². The van der Waals surface area contributed by atoms with Gasteiger partial charge in [0.15, 0.2) is 0 Å². The second-order valence-electron chi connectivity index (χ2n) is 12.3. The number of nitrogens with one attached hydrogen (secondary N) is 4. The van der Waals surface area contributed by atoms with E-state index in [0.29, 0.717) is 50.9 Å². The molecule has 2 aliphatic rings. The first-order valence-corrected chi connectivity index (χ1v) is 19.6. The summed E-state index contributed by atoms with van der Waals surface area (Å²) in [6, 6.07) is 2.13. The second-order valence-corrected chi connectivity index (χ2v) is 16.5. The number of piperidine rings is 2. The van der Waals surface area contributed by atoms with Crippen molar-refractivity contribution in [3.8, 4) is 0 Å². The Bertz CT molecular complexity index is 1540. The Morgan fingerprint density at radius 1 is 0.915 bits per heavy atom. The molecule has 4 N–H and O–H groups in total. The Morgan fingerprint density at radius 3 is 2.02 bits per heavy atom. The van der Waals surface area contributed by atoms with Crippen LogP contribution >= 0.6 is 0 Å². The van der Waals surface area contributed by atoms with Gasteiger partial charge in [0.1, 0.15) is 17.8 Å². The average Bonchev–Trinajstić information content (AvgIpc) is 3.54. The van der Waals surface area contributed by atoms with Gasteiger partial charge in [-0.05, 0) is 37.8 Å². The highest BCUT2D eigenvalue weighted by atomic mass is 32.2. The summed E-state index contributed by atoms with van der Waals surface area (Å²) in [5, 5.41) is 9.32. The molecular formula is C30H53N9O6S2. The number of aromatic nitrogens is 3. The number of hydrogen-bond acceptors (Lipinski definition) is 10. The van der Waals surface area contributed by atoms with E-state index in [1.165, 1.54) is 10.6 Å². The first-order chi connectivity index (χ1) is 22.2. The van der Waals surface area contributed by atoms with Crippen LogP contribution in [0.2, 0.25) is 0 Å². The molecule has 4 unspecified atom stereocenters. The minimum atomic E-state index is -3.44. The lowest BCUT2D eigenvalue weighted by Crippen LogP contribution is -2.53. The highest BCUT2D eigenvalue weighted by molar-refractivity contribution is 7.89. The molecule has 17 heteroatoms. The normalized spacial score (nSPS) is 22.7. The van der Waals surface area contributed by atoms with Gasteiger partial charge in [-0.15, -0.1) is 0 Å². The topological polar surface area (TPSA) is 190 Å². The number of fused-ring (bicyclic) bond motifs is 1. The number of hydrogen-bond donors (Lipinski definition) is 4. The van der Waals surface area contributed by atoms with Crippen molar-refractivity contribution >= 4 is 48.7 Å². The lowest BCUT2D eigenvalue weighted by molar-refractivity contribution is -0.121. The number of rotatable bonds is 13. The molecule has 2 aromatic rings. The Kier molecular flexibility index (Phi) is 14.4. The summed E-state index contributed by atoms with van der Waals surface area (Å²) in [6.07, 6.45) is 5.71. The zero-order valence-corrected chi connectivity index (χ0v) is 30.2. The van der Waals surface area contributed by atoms with E-state index in [1.54, 1.807) is 18.2 Å². The van der Waals surface area contributed by atoms with Crippen LogP contribution in [0.4, 0.5) is 5.82 Å². The number of carbonyl (C=O) groups excluding carboxylic acids is 2. The lowest BCUT2D eigenvalue weighted by atomic mass is 9.93. The minimum Gasteiger partial charge on any atom is -0.355 e. The van der Waals surface area contributed by atoms with Crippen molar-refractivity contribution in [3.05, 3.63) is 18.6 Å². The summed E-state index contributed by atoms with van der Waals surface area (Å²) < 4.78 is 52.9. The monoisotopic (exact) mass is 699 g/mol. The molecule has 2 fully saturated rings. The fourth-order valence-corrected chi connectivity index (χ4v) is 8.66. The summed E-state index contributed by atoms with van der Waals surface area (Å²) >= 11 is 0. The highest BCUT2D eigenvalue weighted by Crippen LogP contribution is 2.29. The summed E-state index contributed by atoms with van der Waals surface area (Å²) in [6.45, 7) is 10.1. The highest BCUT2D eigenvalue weighted by Gasteiger charge is 2.36. The maximum absolute atomic E-state index is 12.8. The molecule has 4 heterocycles. The van der Waals surface area contributed by atoms with Crippen molar-refractivity contribution in [2.45, 2.75) is 65.5 Å². The van der Waals surface area contributed by atoms with Crippen molar-refractivity contribution < 1.29 is 26.4 Å². The predicted molar refractivity (Wildman–Crippen MR) is 184 cm³/mol. The van der Waals surface area contributed by atoms with Crippen LogP contribution in [0.3, 0.4) is 0 Å². The molecule has 0 aromatic carbocycles. The first-order valence-electron chi connectivity index (χ1n) is 16.4. The minimum absolute atomic E-state index is 0.00163. The third-order valence-electron chi connectivity index (χ3n) is 9.13. The number of amides is 2. The van der Waals surface area contributed by atoms with Crippen LogP contribution in [0.5, 0.6) is 0 Å². The SMILES string of the molecule is CCC(=O)NCCS(=O)(=O)N1CCC(C)C(N(C)c2ncnc3[nH]ccc23)C1.CCC(=O)NCCS(=O)(=O)N1CCC(C)C(NC)C1. The summed E-state index contributed by atoms with van der Waals surface area (Å²) in [4.78, 5) is 36.2. The van der Waals surface area contributed by atoms with Gasteiger partial charge in [-0.1, -0.05) is 27.7 Å². The molecule has 0 aliphatic carbocycles. The number of likely N-dealkylation sites (N-methyl/N-ethyl adjacent to an activating group) is 2. The summed E-state index contributed by atoms with van der Waals surface area (Å²) in [5.41, 5.74) is 0.761. The molecule has 2 amide bonds. The zero-order chi connectivity index (χ0) is 34.8. The van der Waals surface area contributed by atoms with Gasteiger partial charge in [0.25, 0.3) is 0 Å². The number of anilines is 1. The van der Waals surface area contributed by atoms with Gasteiger partial charge in [-0.2, -0.15) is 4.31 Å². The Morgan fingerprint density at radius 2 is 1.47 bits per heavy atom. The second kappa shape index (κ2) is 17.5. The Balaban J connectivity index is 0.000000277. The first kappa shape index (κ1) is 38.6. The maximum atomic E-state index is 12.8. The smallest absolute Gasteiger partial charge is 0.219 e. The molecule has 47 heavy (non-hydrogen) atoms. The molecule has 2 aromatic heterocycles. The van der Waals surface area contributed by atoms with Crippen molar-refractivity contribution in [2.75, 3.05) is 69.8 Å². The van der Waals surface area contributed by atoms with E-state index in [9.17, 15) is 26.4 Å². The number of nitrogens with zero attached hydrogens (tertiary/aromatic N) is 5. The molecule has 0 spiro atoms. The molecule has 0 bridgehead atoms. The third-order valence-corrected chi connectivity index (χ3v) is 12.8. The van der Waals surface area contributed by atoms with Crippen molar-refractivity contribution in [2.24, 2.45) is 11.8 Å². The number of sulfonamides is 2. The van der Waals surface area contributed by atoms with Crippen LogP contribution in [0, 0.1) is 11.8 Å². The van der Waals surface area contributed by atoms with Crippen LogP contribution in [0.15, 0.2) is 18.6 Å². The summed E-state index contributed by atoms with van der Waals surface area (Å²) in [5.74, 6) is 1.23. The van der Waals surface area contributed by atoms with E-state index >= 15 is 0 Å². The molecule has 4 atom stereocenters. The number of carbonyl (C=O) groups is 2. The predicted octanol–water partition coefficient (Wildman–Crippen LogP) is 0.733. The molecule has 2 saturated heterocycles. The van der Waals surface area contributed by atoms with Crippen LogP contribution in [0.25, 0.3) is 11.0 Å². The molecule has 0 radical (unpaired) electrons. The van der Waals surface area contributed by atoms with E-state index in [-0.39, 0.29) is 48.5 Å². The quantitative estimate of drug-likeness (QED) is 0.232. The standard InChI is InChI=1S/C18H28N6O3S.C12H25N3O3S/c1-4-16(25)19-8-10-28(26,27)24-9-6-13(2)15(11-24)23(3)18-14-5-7-20-17(14)21-12-22-18;1-4-12(16)14-6-8-19(17,18)15-7-5-10(2)11(9-15)13-3/h5,7,12-13,15H,4,6,8-11H2,1-3H3,(H,19,25)(H,20,21,22);10-11,13H,4-9H2,1-3H3,(H,14,16). The van der Waals surface area contributed by atoms with Crippen LogP contribution in [-0.4, -0.2) is 129 Å². The molecule has 15 nitrogen and oxygen atoms in total. The third kappa shape index (κ3) is 10.6.